The van der Waals surface area contributed by atoms with Gasteiger partial charge in [0.1, 0.15) is 0 Å². The van der Waals surface area contributed by atoms with Crippen LogP contribution in [0.4, 0.5) is 10.5 Å². The van der Waals surface area contributed by atoms with Gasteiger partial charge in [-0.25, -0.2) is 9.59 Å². The van der Waals surface area contributed by atoms with Crippen LogP contribution >= 0.6 is 15.9 Å². The van der Waals surface area contributed by atoms with Gasteiger partial charge in [0.25, 0.3) is 0 Å². The number of ether oxygens (including phenoxy) is 1. The normalized spacial score (nSPS) is 19.9. The monoisotopic (exact) mass is 398 g/mol. The maximum atomic E-state index is 12.4. The molecule has 1 atom stereocenters. The quantitative estimate of drug-likeness (QED) is 0.763. The molecule has 1 aliphatic rings. The topological polar surface area (TPSA) is 95.9 Å². The van der Waals surface area contributed by atoms with Crippen molar-refractivity contribution in [2.75, 3.05) is 25.5 Å². The van der Waals surface area contributed by atoms with Crippen molar-refractivity contribution >= 4 is 39.6 Å². The number of urea groups is 1. The highest BCUT2D eigenvalue weighted by molar-refractivity contribution is 9.10. The fourth-order valence-corrected chi connectivity index (χ4v) is 3.20. The van der Waals surface area contributed by atoms with Crippen molar-refractivity contribution in [1.29, 1.82) is 0 Å². The Morgan fingerprint density at radius 3 is 2.58 bits per heavy atom. The SMILES string of the molecule is COC(=O)c1cc(NC(=O)N2CCC(C)(C(=O)O)C2)c(C)cc1Br. The molecule has 1 saturated heterocycles. The average molecular weight is 399 g/mol. The number of esters is 1. The van der Waals surface area contributed by atoms with E-state index in [9.17, 15) is 19.5 Å². The Morgan fingerprint density at radius 2 is 2.04 bits per heavy atom. The summed E-state index contributed by atoms with van der Waals surface area (Å²) in [7, 11) is 1.28. The molecule has 1 aliphatic heterocycles. The molecule has 24 heavy (non-hydrogen) atoms. The predicted molar refractivity (Wildman–Crippen MR) is 91.2 cm³/mol. The van der Waals surface area contributed by atoms with Crippen LogP contribution in [-0.2, 0) is 9.53 Å². The van der Waals surface area contributed by atoms with Crippen molar-refractivity contribution in [3.63, 3.8) is 0 Å². The molecule has 2 N–H and O–H groups in total. The van der Waals surface area contributed by atoms with E-state index in [1.807, 2.05) is 0 Å². The van der Waals surface area contributed by atoms with Gasteiger partial charge in [-0.2, -0.15) is 0 Å². The number of hydrogen-bond acceptors (Lipinski definition) is 4. The number of anilines is 1. The van der Waals surface area contributed by atoms with Crippen LogP contribution in [0.5, 0.6) is 0 Å². The lowest BCUT2D eigenvalue weighted by Crippen LogP contribution is -2.37. The maximum absolute atomic E-state index is 12.4. The van der Waals surface area contributed by atoms with E-state index in [1.165, 1.54) is 18.1 Å². The molecule has 1 fully saturated rings. The molecule has 0 bridgehead atoms. The molecule has 2 rings (SSSR count). The molecule has 130 valence electrons. The van der Waals surface area contributed by atoms with Gasteiger partial charge in [0, 0.05) is 23.2 Å². The average Bonchev–Trinajstić information content (AvgIpc) is 2.93. The van der Waals surface area contributed by atoms with Gasteiger partial charge in [0.05, 0.1) is 18.1 Å². The number of carbonyl (C=O) groups is 3. The molecule has 0 spiro atoms. The number of benzene rings is 1. The number of carbonyl (C=O) groups excluding carboxylic acids is 2. The fourth-order valence-electron chi connectivity index (χ4n) is 2.58. The number of rotatable bonds is 3. The summed E-state index contributed by atoms with van der Waals surface area (Å²) in [6.45, 7) is 3.94. The van der Waals surface area contributed by atoms with Crippen LogP contribution in [0.2, 0.25) is 0 Å². The van der Waals surface area contributed by atoms with Gasteiger partial charge >= 0.3 is 18.0 Å². The minimum absolute atomic E-state index is 0.146. The van der Waals surface area contributed by atoms with Gasteiger partial charge in [0.2, 0.25) is 0 Å². The predicted octanol–water partition coefficient (Wildman–Crippen LogP) is 2.87. The lowest BCUT2D eigenvalue weighted by molar-refractivity contribution is -0.146. The molecular weight excluding hydrogens is 380 g/mol. The summed E-state index contributed by atoms with van der Waals surface area (Å²) in [6, 6.07) is 2.87. The molecule has 0 radical (unpaired) electrons. The zero-order valence-corrected chi connectivity index (χ0v) is 15.3. The zero-order valence-electron chi connectivity index (χ0n) is 13.7. The van der Waals surface area contributed by atoms with Gasteiger partial charge in [0.15, 0.2) is 0 Å². The van der Waals surface area contributed by atoms with Gasteiger partial charge in [-0.1, -0.05) is 0 Å². The third-order valence-corrected chi connectivity index (χ3v) is 4.89. The smallest absolute Gasteiger partial charge is 0.339 e. The van der Waals surface area contributed by atoms with Crippen molar-refractivity contribution in [2.24, 2.45) is 5.41 Å². The molecule has 1 aromatic rings. The molecule has 1 unspecified atom stereocenters. The molecule has 0 aliphatic carbocycles. The second-order valence-corrected chi connectivity index (χ2v) is 6.96. The van der Waals surface area contributed by atoms with E-state index in [2.05, 4.69) is 21.2 Å². The van der Waals surface area contributed by atoms with E-state index in [0.717, 1.165) is 5.56 Å². The summed E-state index contributed by atoms with van der Waals surface area (Å²) in [5, 5.41) is 12.0. The molecule has 0 aromatic heterocycles. The summed E-state index contributed by atoms with van der Waals surface area (Å²) >= 11 is 3.30. The molecule has 2 amide bonds. The highest BCUT2D eigenvalue weighted by Crippen LogP contribution is 2.31. The molecule has 8 heteroatoms. The molecule has 1 aromatic carbocycles. The number of nitrogens with zero attached hydrogens (tertiary/aromatic N) is 1. The van der Waals surface area contributed by atoms with Crippen LogP contribution in [0.3, 0.4) is 0 Å². The number of aliphatic carboxylic acids is 1. The number of halogens is 1. The van der Waals surface area contributed by atoms with Gasteiger partial charge in [-0.05, 0) is 53.9 Å². The van der Waals surface area contributed by atoms with Crippen LogP contribution in [0.25, 0.3) is 0 Å². The number of aryl methyl sites for hydroxylation is 1. The van der Waals surface area contributed by atoms with E-state index < -0.39 is 17.4 Å². The third-order valence-electron chi connectivity index (χ3n) is 4.24. The number of carboxylic acid groups (broad SMARTS) is 1. The highest BCUT2D eigenvalue weighted by atomic mass is 79.9. The van der Waals surface area contributed by atoms with Crippen molar-refractivity contribution < 1.29 is 24.2 Å². The van der Waals surface area contributed by atoms with E-state index in [-0.39, 0.29) is 12.6 Å². The number of amides is 2. The Bertz CT molecular complexity index is 706. The van der Waals surface area contributed by atoms with Crippen LogP contribution in [0.15, 0.2) is 16.6 Å². The molecule has 0 saturated carbocycles. The Morgan fingerprint density at radius 1 is 1.38 bits per heavy atom. The van der Waals surface area contributed by atoms with Gasteiger partial charge < -0.3 is 20.1 Å². The second kappa shape index (κ2) is 6.80. The standard InChI is InChI=1S/C16H19BrN2O5/c1-9-6-11(17)10(13(20)24-3)7-12(9)18-15(23)19-5-4-16(2,8-19)14(21)22/h6-7H,4-5,8H2,1-3H3,(H,18,23)(H,21,22). The first kappa shape index (κ1) is 18.3. The van der Waals surface area contributed by atoms with E-state index >= 15 is 0 Å². The molecule has 7 nitrogen and oxygen atoms in total. The van der Waals surface area contributed by atoms with E-state index in [4.69, 9.17) is 4.74 Å². The van der Waals surface area contributed by atoms with Crippen molar-refractivity contribution in [2.45, 2.75) is 20.3 Å². The number of methoxy groups -OCH3 is 1. The Kier molecular flexibility index (Phi) is 5.17. The summed E-state index contributed by atoms with van der Waals surface area (Å²) in [4.78, 5) is 36.9. The summed E-state index contributed by atoms with van der Waals surface area (Å²) in [5.41, 5.74) is 0.620. The third kappa shape index (κ3) is 3.53. The van der Waals surface area contributed by atoms with Crippen molar-refractivity contribution in [3.8, 4) is 0 Å². The van der Waals surface area contributed by atoms with Crippen LogP contribution in [0, 0.1) is 12.3 Å². The minimum atomic E-state index is -0.927. The van der Waals surface area contributed by atoms with Crippen LogP contribution in [0.1, 0.15) is 29.3 Å². The van der Waals surface area contributed by atoms with Crippen molar-refractivity contribution in [1.82, 2.24) is 4.90 Å². The van der Waals surface area contributed by atoms with E-state index in [1.54, 1.807) is 19.9 Å². The Balaban J connectivity index is 2.18. The summed E-state index contributed by atoms with van der Waals surface area (Å²) in [5.74, 6) is -1.43. The lowest BCUT2D eigenvalue weighted by atomic mass is 9.90. The van der Waals surface area contributed by atoms with Gasteiger partial charge in [-0.3, -0.25) is 4.79 Å². The summed E-state index contributed by atoms with van der Waals surface area (Å²) in [6.07, 6.45) is 0.405. The number of nitrogens with one attached hydrogen (secondary N) is 1. The lowest BCUT2D eigenvalue weighted by Gasteiger charge is -2.21. The Hall–Kier alpha value is -2.09. The maximum Gasteiger partial charge on any atom is 0.339 e. The summed E-state index contributed by atoms with van der Waals surface area (Å²) < 4.78 is 5.29. The Labute approximate surface area is 148 Å². The number of hydrogen-bond donors (Lipinski definition) is 2. The van der Waals surface area contributed by atoms with Crippen LogP contribution < -0.4 is 5.32 Å². The number of likely N-dealkylation sites (tertiary alicyclic amines) is 1. The van der Waals surface area contributed by atoms with Gasteiger partial charge in [-0.15, -0.1) is 0 Å². The van der Waals surface area contributed by atoms with Crippen LogP contribution in [-0.4, -0.2) is 48.2 Å². The fraction of sp³-hybridized carbons (Fsp3) is 0.438. The van der Waals surface area contributed by atoms with E-state index in [0.29, 0.717) is 28.7 Å². The first-order valence-electron chi connectivity index (χ1n) is 7.36. The van der Waals surface area contributed by atoms with Crippen molar-refractivity contribution in [3.05, 3.63) is 27.7 Å². The highest BCUT2D eigenvalue weighted by Gasteiger charge is 2.42. The molecule has 1 heterocycles. The first-order valence-corrected chi connectivity index (χ1v) is 8.15. The molecular formula is C16H19BrN2O5. The second-order valence-electron chi connectivity index (χ2n) is 6.11. The largest absolute Gasteiger partial charge is 0.481 e. The number of carboxylic acids is 1. The first-order chi connectivity index (χ1) is 11.2. The zero-order chi connectivity index (χ0) is 18.1. The minimum Gasteiger partial charge on any atom is -0.481 e.